The number of morpholine rings is 1. The highest BCUT2D eigenvalue weighted by Crippen LogP contribution is 2.06. The summed E-state index contributed by atoms with van der Waals surface area (Å²) in [6.45, 7) is 1.98. The molecule has 1 aromatic rings. The van der Waals surface area contributed by atoms with Gasteiger partial charge in [-0.3, -0.25) is 0 Å². The van der Waals surface area contributed by atoms with Gasteiger partial charge in [-0.15, -0.1) is 0 Å². The molecule has 1 heterocycles. The van der Waals surface area contributed by atoms with Gasteiger partial charge in [0.2, 0.25) is 0 Å². The molecule has 21 heavy (non-hydrogen) atoms. The van der Waals surface area contributed by atoms with Crippen molar-refractivity contribution >= 4 is 12.0 Å². The average molecular weight is 292 g/mol. The van der Waals surface area contributed by atoms with Gasteiger partial charge in [-0.1, -0.05) is 30.3 Å². The van der Waals surface area contributed by atoms with Gasteiger partial charge in [0, 0.05) is 13.1 Å². The summed E-state index contributed by atoms with van der Waals surface area (Å²) in [6.07, 6.45) is 0.983. The van der Waals surface area contributed by atoms with Gasteiger partial charge < -0.3 is 20.1 Å². The third kappa shape index (κ3) is 4.75. The van der Waals surface area contributed by atoms with E-state index in [4.69, 9.17) is 4.74 Å². The van der Waals surface area contributed by atoms with E-state index >= 15 is 0 Å². The fraction of sp³-hybridized carbons (Fsp3) is 0.467. The summed E-state index contributed by atoms with van der Waals surface area (Å²) in [6, 6.07) is 8.43. The van der Waals surface area contributed by atoms with Crippen LogP contribution in [0.5, 0.6) is 0 Å². The number of benzene rings is 1. The van der Waals surface area contributed by atoms with Gasteiger partial charge >= 0.3 is 12.0 Å². The molecule has 2 N–H and O–H groups in total. The normalized spacial score (nSPS) is 16.3. The standard InChI is InChI=1S/C15H20N2O4/c18-14(19)13(7-6-12-4-2-1-3-5-12)16-15(20)17-8-10-21-11-9-17/h1-5,13H,6-11H2,(H,16,20)(H,18,19)/t13-/m0/s1. The van der Waals surface area contributed by atoms with Gasteiger partial charge in [0.05, 0.1) is 13.2 Å². The highest BCUT2D eigenvalue weighted by Gasteiger charge is 2.24. The first kappa shape index (κ1) is 15.3. The number of carbonyl (C=O) groups is 2. The van der Waals surface area contributed by atoms with Crippen LogP contribution >= 0.6 is 0 Å². The predicted octanol–water partition coefficient (Wildman–Crippen LogP) is 1.11. The van der Waals surface area contributed by atoms with E-state index in [1.165, 1.54) is 0 Å². The number of rotatable bonds is 5. The summed E-state index contributed by atoms with van der Waals surface area (Å²) >= 11 is 0. The Kier molecular flexibility index (Phi) is 5.57. The number of hydrogen-bond acceptors (Lipinski definition) is 3. The van der Waals surface area contributed by atoms with Crippen molar-refractivity contribution in [2.24, 2.45) is 0 Å². The third-order valence-corrected chi connectivity index (χ3v) is 3.46. The lowest BCUT2D eigenvalue weighted by atomic mass is 10.1. The van der Waals surface area contributed by atoms with Gasteiger partial charge in [-0.25, -0.2) is 9.59 Å². The maximum Gasteiger partial charge on any atom is 0.326 e. The molecule has 0 bridgehead atoms. The third-order valence-electron chi connectivity index (χ3n) is 3.46. The van der Waals surface area contributed by atoms with Gasteiger partial charge in [-0.05, 0) is 18.4 Å². The number of carbonyl (C=O) groups excluding carboxylic acids is 1. The summed E-state index contributed by atoms with van der Waals surface area (Å²) in [5, 5.41) is 11.8. The van der Waals surface area contributed by atoms with Crippen LogP contribution in [0.4, 0.5) is 4.79 Å². The lowest BCUT2D eigenvalue weighted by molar-refractivity contribution is -0.139. The maximum absolute atomic E-state index is 12.0. The monoisotopic (exact) mass is 292 g/mol. The van der Waals surface area contributed by atoms with Crippen LogP contribution in [0.3, 0.4) is 0 Å². The summed E-state index contributed by atoms with van der Waals surface area (Å²) in [4.78, 5) is 24.9. The highest BCUT2D eigenvalue weighted by molar-refractivity contribution is 5.82. The Hall–Kier alpha value is -2.08. The number of nitrogens with one attached hydrogen (secondary N) is 1. The zero-order valence-electron chi connectivity index (χ0n) is 11.8. The Labute approximate surface area is 123 Å². The Balaban J connectivity index is 1.86. The largest absolute Gasteiger partial charge is 0.480 e. The molecule has 2 amide bonds. The molecule has 1 aliphatic rings. The summed E-state index contributed by atoms with van der Waals surface area (Å²) in [5.41, 5.74) is 1.06. The van der Waals surface area contributed by atoms with Crippen molar-refractivity contribution in [3.8, 4) is 0 Å². The number of aryl methyl sites for hydroxylation is 1. The van der Waals surface area contributed by atoms with Crippen molar-refractivity contribution in [3.63, 3.8) is 0 Å². The average Bonchev–Trinajstić information content (AvgIpc) is 2.52. The van der Waals surface area contributed by atoms with E-state index in [2.05, 4.69) is 5.32 Å². The molecule has 114 valence electrons. The Bertz CT molecular complexity index is 472. The molecule has 0 aromatic heterocycles. The molecule has 6 heteroatoms. The molecule has 2 rings (SSSR count). The molecule has 0 spiro atoms. The number of amides is 2. The van der Waals surface area contributed by atoms with Crippen molar-refractivity contribution < 1.29 is 19.4 Å². The minimum Gasteiger partial charge on any atom is -0.480 e. The predicted molar refractivity (Wildman–Crippen MR) is 77.1 cm³/mol. The molecule has 1 aromatic carbocycles. The van der Waals surface area contributed by atoms with Crippen LogP contribution in [-0.4, -0.2) is 54.4 Å². The summed E-state index contributed by atoms with van der Waals surface area (Å²) in [5.74, 6) is -1.01. The number of ether oxygens (including phenoxy) is 1. The van der Waals surface area contributed by atoms with Crippen molar-refractivity contribution in [1.82, 2.24) is 10.2 Å². The number of carboxylic acid groups (broad SMARTS) is 1. The zero-order chi connectivity index (χ0) is 15.1. The second-order valence-electron chi connectivity index (χ2n) is 4.96. The minimum absolute atomic E-state index is 0.334. The second-order valence-corrected chi connectivity index (χ2v) is 4.96. The molecule has 1 aliphatic heterocycles. The number of aliphatic carboxylic acids is 1. The SMILES string of the molecule is O=C(O)[C@H](CCc1ccccc1)NC(=O)N1CCOCC1. The second kappa shape index (κ2) is 7.64. The molecule has 1 atom stereocenters. The van der Waals surface area contributed by atoms with E-state index in [1.54, 1.807) is 4.90 Å². The Morgan fingerprint density at radius 3 is 2.52 bits per heavy atom. The van der Waals surface area contributed by atoms with Gasteiger partial charge in [0.15, 0.2) is 0 Å². The van der Waals surface area contributed by atoms with E-state index < -0.39 is 12.0 Å². The van der Waals surface area contributed by atoms with E-state index in [1.807, 2.05) is 30.3 Å². The number of carboxylic acids is 1. The molecular formula is C15H20N2O4. The molecule has 0 saturated carbocycles. The topological polar surface area (TPSA) is 78.9 Å². The summed E-state index contributed by atoms with van der Waals surface area (Å²) < 4.78 is 5.17. The number of hydrogen-bond donors (Lipinski definition) is 2. The first-order valence-corrected chi connectivity index (χ1v) is 7.07. The molecule has 1 fully saturated rings. The quantitative estimate of drug-likeness (QED) is 0.852. The number of nitrogens with zero attached hydrogens (tertiary/aromatic N) is 1. The smallest absolute Gasteiger partial charge is 0.326 e. The van der Waals surface area contributed by atoms with Crippen molar-refractivity contribution in [2.45, 2.75) is 18.9 Å². The van der Waals surface area contributed by atoms with Crippen LogP contribution in [0.25, 0.3) is 0 Å². The van der Waals surface area contributed by atoms with Crippen molar-refractivity contribution in [1.29, 1.82) is 0 Å². The lowest BCUT2D eigenvalue weighted by Crippen LogP contribution is -2.51. The zero-order valence-corrected chi connectivity index (χ0v) is 11.8. The highest BCUT2D eigenvalue weighted by atomic mass is 16.5. The van der Waals surface area contributed by atoms with Crippen LogP contribution in [-0.2, 0) is 16.0 Å². The molecular weight excluding hydrogens is 272 g/mol. The first-order valence-electron chi connectivity index (χ1n) is 7.07. The molecule has 0 aliphatic carbocycles. The lowest BCUT2D eigenvalue weighted by Gasteiger charge is -2.28. The molecule has 0 unspecified atom stereocenters. The fourth-order valence-electron chi connectivity index (χ4n) is 2.22. The van der Waals surface area contributed by atoms with E-state index in [0.717, 1.165) is 5.56 Å². The van der Waals surface area contributed by atoms with Gasteiger partial charge in [0.1, 0.15) is 6.04 Å². The number of urea groups is 1. The van der Waals surface area contributed by atoms with Crippen molar-refractivity contribution in [2.75, 3.05) is 26.3 Å². The van der Waals surface area contributed by atoms with E-state index in [0.29, 0.717) is 39.1 Å². The van der Waals surface area contributed by atoms with Gasteiger partial charge in [0.25, 0.3) is 0 Å². The minimum atomic E-state index is -1.01. The molecule has 0 radical (unpaired) electrons. The van der Waals surface area contributed by atoms with E-state index in [-0.39, 0.29) is 6.03 Å². The fourth-order valence-corrected chi connectivity index (χ4v) is 2.22. The Morgan fingerprint density at radius 2 is 1.90 bits per heavy atom. The molecule has 1 saturated heterocycles. The van der Waals surface area contributed by atoms with Crippen LogP contribution in [0.2, 0.25) is 0 Å². The maximum atomic E-state index is 12.0. The summed E-state index contributed by atoms with van der Waals surface area (Å²) in [7, 11) is 0. The van der Waals surface area contributed by atoms with Crippen LogP contribution in [0.15, 0.2) is 30.3 Å². The van der Waals surface area contributed by atoms with Crippen molar-refractivity contribution in [3.05, 3.63) is 35.9 Å². The molecule has 6 nitrogen and oxygen atoms in total. The van der Waals surface area contributed by atoms with Crippen LogP contribution < -0.4 is 5.32 Å². The van der Waals surface area contributed by atoms with Gasteiger partial charge in [-0.2, -0.15) is 0 Å². The van der Waals surface area contributed by atoms with E-state index in [9.17, 15) is 14.7 Å². The Morgan fingerprint density at radius 1 is 1.24 bits per heavy atom. The first-order chi connectivity index (χ1) is 10.2. The van der Waals surface area contributed by atoms with Crippen LogP contribution in [0, 0.1) is 0 Å². The van der Waals surface area contributed by atoms with Crippen LogP contribution in [0.1, 0.15) is 12.0 Å².